The fourth-order valence-electron chi connectivity index (χ4n) is 7.38. The van der Waals surface area contributed by atoms with Crippen molar-refractivity contribution in [3.63, 3.8) is 0 Å². The number of carboxylic acid groups (broad SMARTS) is 1. The Hall–Kier alpha value is -5.68. The van der Waals surface area contributed by atoms with Gasteiger partial charge in [0, 0.05) is 74.3 Å². The van der Waals surface area contributed by atoms with Crippen LogP contribution in [0.2, 0.25) is 0 Å². The maximum absolute atomic E-state index is 12.9. The first-order valence-corrected chi connectivity index (χ1v) is 22.5. The summed E-state index contributed by atoms with van der Waals surface area (Å²) >= 11 is 0. The molecule has 0 radical (unpaired) electrons. The van der Waals surface area contributed by atoms with Gasteiger partial charge in [-0.05, 0) is 48.6 Å². The van der Waals surface area contributed by atoms with E-state index >= 15 is 0 Å². The molecule has 68 heavy (non-hydrogen) atoms. The quantitative estimate of drug-likeness (QED) is 0.0508. The van der Waals surface area contributed by atoms with Gasteiger partial charge in [-0.1, -0.05) is 32.5 Å². The van der Waals surface area contributed by atoms with Crippen LogP contribution in [0, 0.1) is 0 Å². The van der Waals surface area contributed by atoms with E-state index in [1.165, 1.54) is 9.80 Å². The number of ketones is 1. The first-order valence-electron chi connectivity index (χ1n) is 22.5. The summed E-state index contributed by atoms with van der Waals surface area (Å²) in [7, 11) is 0. The van der Waals surface area contributed by atoms with Crippen LogP contribution in [-0.4, -0.2) is 160 Å². The molecule has 0 saturated carbocycles. The van der Waals surface area contributed by atoms with Crippen LogP contribution < -0.4 is 22.1 Å². The van der Waals surface area contributed by atoms with E-state index in [1.54, 1.807) is 30.3 Å². The Morgan fingerprint density at radius 3 is 1.54 bits per heavy atom. The number of aliphatic carboxylic acids is 1. The number of nitrogens with two attached hydrogens (primary N) is 2. The molecule has 6 amide bonds. The van der Waals surface area contributed by atoms with Gasteiger partial charge < -0.3 is 54.8 Å². The van der Waals surface area contributed by atoms with Crippen LogP contribution in [0.5, 0.6) is 0 Å². The van der Waals surface area contributed by atoms with Gasteiger partial charge in [-0.25, -0.2) is 0 Å². The molecule has 6 rings (SSSR count). The molecule has 2 fully saturated rings. The molecule has 2 aromatic rings. The lowest BCUT2D eigenvalue weighted by Gasteiger charge is -2.29. The fraction of sp³-hybridized carbons (Fsp3) is 0.574. The average Bonchev–Trinajstić information content (AvgIpc) is 3.82. The van der Waals surface area contributed by atoms with Crippen molar-refractivity contribution in [1.82, 2.24) is 20.4 Å². The van der Waals surface area contributed by atoms with Gasteiger partial charge >= 0.3 is 5.97 Å². The van der Waals surface area contributed by atoms with Crippen molar-refractivity contribution in [2.24, 2.45) is 5.73 Å². The number of ether oxygens (including phenoxy) is 6. The number of Topliss-reactive ketones (excluding diaryl/α,β-unsaturated/α-hetero) is 1. The lowest BCUT2D eigenvalue weighted by Crippen LogP contribution is -2.52. The highest BCUT2D eigenvalue weighted by Gasteiger charge is 2.41. The number of imide groups is 2. The highest BCUT2D eigenvalue weighted by molar-refractivity contribution is 6.07. The monoisotopic (exact) mass is 956 g/mol. The number of anilines is 1. The van der Waals surface area contributed by atoms with Crippen LogP contribution in [0.1, 0.15) is 96.7 Å². The first kappa shape index (κ1) is 56.6. The molecule has 4 heterocycles. The number of benzene rings is 2. The minimum Gasteiger partial charge on any atom is -0.481 e. The lowest BCUT2D eigenvalue weighted by molar-refractivity contribution is -0.139. The molecular formula is C47H68N6O15. The third kappa shape index (κ3) is 18.1. The van der Waals surface area contributed by atoms with Crippen LogP contribution in [-0.2, 0) is 76.7 Å². The van der Waals surface area contributed by atoms with Gasteiger partial charge in [0.15, 0.2) is 0 Å². The smallest absolute Gasteiger partial charge is 0.305 e. The molecule has 376 valence electrons. The van der Waals surface area contributed by atoms with Crippen molar-refractivity contribution in [3.05, 3.63) is 64.2 Å². The van der Waals surface area contributed by atoms with E-state index in [1.807, 2.05) is 6.07 Å². The van der Waals surface area contributed by atoms with E-state index in [2.05, 4.69) is 17.6 Å². The van der Waals surface area contributed by atoms with Crippen molar-refractivity contribution in [1.29, 1.82) is 0 Å². The van der Waals surface area contributed by atoms with Crippen molar-refractivity contribution in [3.8, 4) is 0 Å². The molecule has 2 aromatic carbocycles. The number of piperidine rings is 2. The molecule has 4 aliphatic heterocycles. The Bertz CT molecular complexity index is 2020. The standard InChI is InChI=1S/C23H31N3O7.C13H13N3O3.C10H20O5.CH4/c24-7-9-32-11-13-33-12-10-31-8-6-17(27)14-16-2-1-3-18-19(16)15-26(23(18)30)20-4-5-21(28)25-22(20)29;14-9-3-1-2-7-8(9)6-16(13(7)19)10-4-5-11(17)15-12(10)18;1-2-4-13-6-8-15-9-7-14-5-3-10(11)12;/h1-3,20H,4-15,24H2,(H,25,28,29);1-3,10H,4-6,14H2,(H,15,17,18);2-9H2,1H3,(H,11,12);1H4. The molecule has 0 aliphatic carbocycles. The Balaban J connectivity index is 0.000000296. The second-order valence-electron chi connectivity index (χ2n) is 15.7. The van der Waals surface area contributed by atoms with Crippen LogP contribution in [0.15, 0.2) is 36.4 Å². The average molecular weight is 957 g/mol. The Kier molecular flexibility index (Phi) is 25.5. The van der Waals surface area contributed by atoms with E-state index < -0.39 is 29.9 Å². The second kappa shape index (κ2) is 30.6. The van der Waals surface area contributed by atoms with Crippen LogP contribution in [0.25, 0.3) is 0 Å². The van der Waals surface area contributed by atoms with E-state index in [0.717, 1.165) is 29.7 Å². The largest absolute Gasteiger partial charge is 0.481 e. The molecular weight excluding hydrogens is 889 g/mol. The molecule has 21 heteroatoms. The third-order valence-corrected chi connectivity index (χ3v) is 10.8. The Morgan fingerprint density at radius 2 is 1.07 bits per heavy atom. The third-order valence-electron chi connectivity index (χ3n) is 10.8. The minimum absolute atomic E-state index is 0. The van der Waals surface area contributed by atoms with Gasteiger partial charge in [-0.3, -0.25) is 49.0 Å². The number of carbonyl (C=O) groups excluding carboxylic acids is 7. The minimum atomic E-state index is -0.844. The van der Waals surface area contributed by atoms with Crippen molar-refractivity contribution in [2.45, 2.75) is 90.9 Å². The molecule has 7 N–H and O–H groups in total. The second-order valence-corrected chi connectivity index (χ2v) is 15.7. The van der Waals surface area contributed by atoms with Gasteiger partial charge in [0.25, 0.3) is 11.8 Å². The van der Waals surface area contributed by atoms with E-state index in [0.29, 0.717) is 109 Å². The first-order chi connectivity index (χ1) is 32.4. The normalized spacial score (nSPS) is 17.3. The summed E-state index contributed by atoms with van der Waals surface area (Å²) in [4.78, 5) is 97.3. The number of nitrogens with zero attached hydrogens (tertiary/aromatic N) is 2. The van der Waals surface area contributed by atoms with Gasteiger partial charge in [0.05, 0.1) is 79.1 Å². The van der Waals surface area contributed by atoms with Crippen LogP contribution in [0.4, 0.5) is 5.69 Å². The zero-order chi connectivity index (χ0) is 48.6. The summed E-state index contributed by atoms with van der Waals surface area (Å²) in [5, 5.41) is 12.9. The van der Waals surface area contributed by atoms with Crippen molar-refractivity contribution in [2.75, 3.05) is 91.6 Å². The zero-order valence-electron chi connectivity index (χ0n) is 38.1. The van der Waals surface area contributed by atoms with Crippen LogP contribution in [0.3, 0.4) is 0 Å². The predicted molar refractivity (Wildman–Crippen MR) is 246 cm³/mol. The molecule has 21 nitrogen and oxygen atoms in total. The topological polar surface area (TPSA) is 295 Å². The lowest BCUT2D eigenvalue weighted by atomic mass is 9.98. The fourth-order valence-corrected chi connectivity index (χ4v) is 7.38. The number of hydrogen-bond acceptors (Lipinski definition) is 16. The molecule has 2 unspecified atom stereocenters. The molecule has 0 bridgehead atoms. The maximum atomic E-state index is 12.9. The highest BCUT2D eigenvalue weighted by atomic mass is 16.5. The number of hydrogen-bond donors (Lipinski definition) is 5. The SMILES string of the molecule is C.CCCOCCOCCOCCC(=O)O.NCCOCCOCCOCCC(=O)Cc1cccc2c1CN(C1CCC(=O)NC1=O)C2=O.Nc1cccc2c1CN(C1CCC(=O)NC1=O)C2=O. The highest BCUT2D eigenvalue weighted by Crippen LogP contribution is 2.32. The summed E-state index contributed by atoms with van der Waals surface area (Å²) in [5.74, 6) is -2.75. The number of carbonyl (C=O) groups is 8. The van der Waals surface area contributed by atoms with Gasteiger partial charge in [-0.15, -0.1) is 0 Å². The number of fused-ring (bicyclic) bond motifs is 2. The Morgan fingerprint density at radius 1 is 0.632 bits per heavy atom. The molecule has 4 aliphatic rings. The van der Waals surface area contributed by atoms with E-state index in [9.17, 15) is 38.4 Å². The summed E-state index contributed by atoms with van der Waals surface area (Å²) < 4.78 is 31.4. The van der Waals surface area contributed by atoms with Gasteiger partial charge in [0.1, 0.15) is 17.9 Å². The number of amides is 6. The zero-order valence-corrected chi connectivity index (χ0v) is 38.1. The molecule has 0 spiro atoms. The molecule has 2 atom stereocenters. The molecule has 2 saturated heterocycles. The number of nitrogens with one attached hydrogen (secondary N) is 2. The predicted octanol–water partition coefficient (Wildman–Crippen LogP) is 1.54. The number of rotatable bonds is 26. The maximum Gasteiger partial charge on any atom is 0.305 e. The Labute approximate surface area is 396 Å². The summed E-state index contributed by atoms with van der Waals surface area (Å²) in [5.41, 5.74) is 15.1. The summed E-state index contributed by atoms with van der Waals surface area (Å²) in [6.07, 6.45) is 2.63. The van der Waals surface area contributed by atoms with Gasteiger partial charge in [-0.2, -0.15) is 0 Å². The summed E-state index contributed by atoms with van der Waals surface area (Å²) in [6.45, 7) is 8.76. The van der Waals surface area contributed by atoms with Crippen molar-refractivity contribution >= 4 is 52.9 Å². The summed E-state index contributed by atoms with van der Waals surface area (Å²) in [6, 6.07) is 9.20. The van der Waals surface area contributed by atoms with Gasteiger partial charge in [0.2, 0.25) is 23.6 Å². The van der Waals surface area contributed by atoms with E-state index in [-0.39, 0.29) is 82.1 Å². The van der Waals surface area contributed by atoms with Crippen molar-refractivity contribution < 1.29 is 71.9 Å². The van der Waals surface area contributed by atoms with E-state index in [4.69, 9.17) is 45.0 Å². The van der Waals surface area contributed by atoms with Crippen LogP contribution >= 0.6 is 0 Å². The number of nitrogen functional groups attached to an aromatic ring is 1. The molecule has 0 aromatic heterocycles. The number of carboxylic acids is 1.